The molecule has 0 nitrogen and oxygen atoms in total. The summed E-state index contributed by atoms with van der Waals surface area (Å²) in [6, 6.07) is 8.39. The summed E-state index contributed by atoms with van der Waals surface area (Å²) in [6.07, 6.45) is 0. The SMILES string of the molecule is [CH2-]c1ccc(C(C)(C)C)cc1.[Li+]. The van der Waals surface area contributed by atoms with Crippen LogP contribution in [-0.2, 0) is 5.41 Å². The molecule has 0 bridgehead atoms. The zero-order chi connectivity index (χ0) is 8.48. The summed E-state index contributed by atoms with van der Waals surface area (Å²) in [5.41, 5.74) is 2.70. The summed E-state index contributed by atoms with van der Waals surface area (Å²) < 4.78 is 0. The molecule has 1 heteroatoms. The summed E-state index contributed by atoms with van der Waals surface area (Å²) in [7, 11) is 0. The molecule has 60 valence electrons. The monoisotopic (exact) mass is 154 g/mol. The Morgan fingerprint density at radius 1 is 1.00 bits per heavy atom. The Bertz CT molecular complexity index is 228. The minimum Gasteiger partial charge on any atom is -0.199 e. The van der Waals surface area contributed by atoms with Crippen molar-refractivity contribution >= 4 is 0 Å². The molecule has 0 radical (unpaired) electrons. The molecular formula is C11H15Li. The molecule has 0 spiro atoms. The Balaban J connectivity index is 0.00000121. The van der Waals surface area contributed by atoms with Crippen LogP contribution in [0.25, 0.3) is 0 Å². The molecule has 0 N–H and O–H groups in total. The molecule has 0 heterocycles. The van der Waals surface area contributed by atoms with Crippen LogP contribution in [0.1, 0.15) is 31.9 Å². The summed E-state index contributed by atoms with van der Waals surface area (Å²) in [6.45, 7) is 10.5. The Labute approximate surface area is 87.6 Å². The van der Waals surface area contributed by atoms with Gasteiger partial charge in [0.2, 0.25) is 0 Å². The first-order valence-corrected chi connectivity index (χ1v) is 3.92. The molecule has 0 fully saturated rings. The van der Waals surface area contributed by atoms with Crippen molar-refractivity contribution in [3.05, 3.63) is 42.3 Å². The Morgan fingerprint density at radius 3 is 1.75 bits per heavy atom. The van der Waals surface area contributed by atoms with Gasteiger partial charge in [-0.2, -0.15) is 24.6 Å². The van der Waals surface area contributed by atoms with Crippen molar-refractivity contribution in [2.75, 3.05) is 0 Å². The smallest absolute Gasteiger partial charge is 0.199 e. The van der Waals surface area contributed by atoms with Gasteiger partial charge in [-0.25, -0.2) is 0 Å². The number of rotatable bonds is 0. The van der Waals surface area contributed by atoms with Crippen molar-refractivity contribution in [2.24, 2.45) is 0 Å². The van der Waals surface area contributed by atoms with Crippen LogP contribution in [0.2, 0.25) is 0 Å². The van der Waals surface area contributed by atoms with Crippen LogP contribution in [0.15, 0.2) is 24.3 Å². The molecule has 12 heavy (non-hydrogen) atoms. The number of hydrogen-bond donors (Lipinski definition) is 0. The summed E-state index contributed by atoms with van der Waals surface area (Å²) >= 11 is 0. The fourth-order valence-corrected chi connectivity index (χ4v) is 1.00. The van der Waals surface area contributed by atoms with Crippen LogP contribution in [-0.4, -0.2) is 0 Å². The van der Waals surface area contributed by atoms with Gasteiger partial charge in [0.15, 0.2) is 0 Å². The molecule has 0 saturated carbocycles. The van der Waals surface area contributed by atoms with E-state index in [9.17, 15) is 0 Å². The van der Waals surface area contributed by atoms with E-state index in [2.05, 4.69) is 52.0 Å². The second kappa shape index (κ2) is 4.08. The van der Waals surface area contributed by atoms with Crippen molar-refractivity contribution in [1.29, 1.82) is 0 Å². The molecule has 0 aromatic heterocycles. The first kappa shape index (κ1) is 11.7. The van der Waals surface area contributed by atoms with E-state index in [-0.39, 0.29) is 24.3 Å². The van der Waals surface area contributed by atoms with Crippen molar-refractivity contribution in [3.8, 4) is 0 Å². The molecule has 1 rings (SSSR count). The molecule has 0 saturated heterocycles. The van der Waals surface area contributed by atoms with Crippen LogP contribution in [0.5, 0.6) is 0 Å². The first-order valence-electron chi connectivity index (χ1n) is 3.92. The maximum atomic E-state index is 3.84. The van der Waals surface area contributed by atoms with Gasteiger partial charge in [-0.15, -0.1) is 12.1 Å². The Kier molecular flexibility index (Phi) is 3.97. The predicted molar refractivity (Wildman–Crippen MR) is 49.6 cm³/mol. The Hall–Kier alpha value is -0.313. The maximum Gasteiger partial charge on any atom is 1.00 e. The second-order valence-corrected chi connectivity index (χ2v) is 3.95. The average molecular weight is 154 g/mol. The number of hydrogen-bond acceptors (Lipinski definition) is 0. The van der Waals surface area contributed by atoms with Gasteiger partial charge in [0.25, 0.3) is 0 Å². The fourth-order valence-electron chi connectivity index (χ4n) is 1.00. The third kappa shape index (κ3) is 2.97. The zero-order valence-corrected chi connectivity index (χ0v) is 8.52. The van der Waals surface area contributed by atoms with E-state index in [1.54, 1.807) is 0 Å². The van der Waals surface area contributed by atoms with Crippen molar-refractivity contribution < 1.29 is 18.9 Å². The molecule has 0 aliphatic rings. The van der Waals surface area contributed by atoms with Gasteiger partial charge in [-0.05, 0) is 5.41 Å². The second-order valence-electron chi connectivity index (χ2n) is 3.95. The summed E-state index contributed by atoms with van der Waals surface area (Å²) in [4.78, 5) is 0. The van der Waals surface area contributed by atoms with Gasteiger partial charge in [-0.3, -0.25) is 0 Å². The normalized spacial score (nSPS) is 10.6. The van der Waals surface area contributed by atoms with E-state index in [4.69, 9.17) is 0 Å². The van der Waals surface area contributed by atoms with Gasteiger partial charge in [0.1, 0.15) is 0 Å². The van der Waals surface area contributed by atoms with Crippen LogP contribution in [0.4, 0.5) is 0 Å². The average Bonchev–Trinajstić information content (AvgIpc) is 1.86. The molecule has 0 atom stereocenters. The molecule has 0 amide bonds. The largest absolute Gasteiger partial charge is 1.00 e. The molecular weight excluding hydrogens is 139 g/mol. The first-order chi connectivity index (χ1) is 5.00. The van der Waals surface area contributed by atoms with Gasteiger partial charge in [-0.1, -0.05) is 26.3 Å². The van der Waals surface area contributed by atoms with Crippen molar-refractivity contribution in [1.82, 2.24) is 0 Å². The zero-order valence-electron chi connectivity index (χ0n) is 8.52. The van der Waals surface area contributed by atoms with E-state index < -0.39 is 0 Å². The van der Waals surface area contributed by atoms with Gasteiger partial charge < -0.3 is 0 Å². The third-order valence-electron chi connectivity index (χ3n) is 1.82. The third-order valence-corrected chi connectivity index (χ3v) is 1.82. The van der Waals surface area contributed by atoms with Crippen molar-refractivity contribution in [2.45, 2.75) is 26.2 Å². The van der Waals surface area contributed by atoms with E-state index in [0.717, 1.165) is 5.56 Å². The molecule has 0 aliphatic carbocycles. The van der Waals surface area contributed by atoms with Crippen molar-refractivity contribution in [3.63, 3.8) is 0 Å². The molecule has 0 aliphatic heterocycles. The van der Waals surface area contributed by atoms with Crippen LogP contribution in [0, 0.1) is 6.92 Å². The molecule has 1 aromatic carbocycles. The van der Waals surface area contributed by atoms with Crippen LogP contribution >= 0.6 is 0 Å². The number of benzene rings is 1. The van der Waals surface area contributed by atoms with E-state index in [1.165, 1.54) is 5.56 Å². The van der Waals surface area contributed by atoms with Crippen LogP contribution in [0.3, 0.4) is 0 Å². The van der Waals surface area contributed by atoms with E-state index in [0.29, 0.717) is 0 Å². The topological polar surface area (TPSA) is 0 Å². The van der Waals surface area contributed by atoms with Crippen LogP contribution < -0.4 is 18.9 Å². The Morgan fingerprint density at radius 2 is 1.42 bits per heavy atom. The van der Waals surface area contributed by atoms with E-state index in [1.807, 2.05) is 0 Å². The molecule has 1 aromatic rings. The van der Waals surface area contributed by atoms with E-state index >= 15 is 0 Å². The maximum absolute atomic E-state index is 3.84. The molecule has 0 unspecified atom stereocenters. The van der Waals surface area contributed by atoms with Gasteiger partial charge >= 0.3 is 18.9 Å². The predicted octanol–water partition coefficient (Wildman–Crippen LogP) is 0.170. The summed E-state index contributed by atoms with van der Waals surface area (Å²) in [5, 5.41) is 0. The minimum atomic E-state index is 0. The summed E-state index contributed by atoms with van der Waals surface area (Å²) in [5.74, 6) is 0. The fraction of sp³-hybridized carbons (Fsp3) is 0.364. The minimum absolute atomic E-state index is 0. The van der Waals surface area contributed by atoms with Gasteiger partial charge in [0, 0.05) is 0 Å². The van der Waals surface area contributed by atoms with Gasteiger partial charge in [0.05, 0.1) is 0 Å². The standard InChI is InChI=1S/C11H15.Li/c1-9-5-7-10(8-6-9)11(2,3)4;/h5-8H,1H2,2-4H3;/q-1;+1. The quantitative estimate of drug-likeness (QED) is 0.369.